The SMILES string of the molecule is CC1(c2ncc(N)c(=O)[nH]2)CC1. The molecular formula is C8H11N3O. The molecule has 0 amide bonds. The molecule has 1 aliphatic carbocycles. The highest BCUT2D eigenvalue weighted by Crippen LogP contribution is 2.45. The van der Waals surface area contributed by atoms with E-state index >= 15 is 0 Å². The van der Waals surface area contributed by atoms with Crippen molar-refractivity contribution in [3.63, 3.8) is 0 Å². The van der Waals surface area contributed by atoms with Gasteiger partial charge in [0, 0.05) is 5.41 Å². The van der Waals surface area contributed by atoms with Gasteiger partial charge >= 0.3 is 0 Å². The maximum atomic E-state index is 11.1. The Hall–Kier alpha value is -1.32. The summed E-state index contributed by atoms with van der Waals surface area (Å²) < 4.78 is 0. The van der Waals surface area contributed by atoms with Crippen molar-refractivity contribution in [3.8, 4) is 0 Å². The molecule has 0 spiro atoms. The van der Waals surface area contributed by atoms with E-state index in [0.717, 1.165) is 18.7 Å². The minimum atomic E-state index is -0.229. The van der Waals surface area contributed by atoms with Crippen LogP contribution in [0.1, 0.15) is 25.6 Å². The maximum absolute atomic E-state index is 11.1. The fraction of sp³-hybridized carbons (Fsp3) is 0.500. The molecule has 0 saturated heterocycles. The normalized spacial score (nSPS) is 19.1. The van der Waals surface area contributed by atoms with Gasteiger partial charge < -0.3 is 10.7 Å². The average molecular weight is 165 g/mol. The number of nitrogens with two attached hydrogens (primary N) is 1. The Morgan fingerprint density at radius 3 is 2.83 bits per heavy atom. The zero-order valence-corrected chi connectivity index (χ0v) is 6.92. The van der Waals surface area contributed by atoms with E-state index < -0.39 is 0 Å². The van der Waals surface area contributed by atoms with Crippen LogP contribution in [0.3, 0.4) is 0 Å². The summed E-state index contributed by atoms with van der Waals surface area (Å²) in [6.07, 6.45) is 3.62. The molecule has 0 atom stereocenters. The van der Waals surface area contributed by atoms with Crippen molar-refractivity contribution in [2.75, 3.05) is 5.73 Å². The summed E-state index contributed by atoms with van der Waals surface area (Å²) in [5.74, 6) is 0.765. The van der Waals surface area contributed by atoms with Gasteiger partial charge in [-0.25, -0.2) is 4.98 Å². The molecule has 1 saturated carbocycles. The van der Waals surface area contributed by atoms with Crippen LogP contribution in [0.4, 0.5) is 5.69 Å². The fourth-order valence-electron chi connectivity index (χ4n) is 1.14. The van der Waals surface area contributed by atoms with E-state index in [1.54, 1.807) is 0 Å². The van der Waals surface area contributed by atoms with E-state index in [0.29, 0.717) is 0 Å². The molecule has 1 fully saturated rings. The monoisotopic (exact) mass is 165 g/mol. The van der Waals surface area contributed by atoms with Gasteiger partial charge in [-0.1, -0.05) is 6.92 Å². The first kappa shape index (κ1) is 7.34. The van der Waals surface area contributed by atoms with Crippen LogP contribution in [0.25, 0.3) is 0 Å². The van der Waals surface area contributed by atoms with Crippen LogP contribution in [0, 0.1) is 0 Å². The lowest BCUT2D eigenvalue weighted by Gasteiger charge is -2.05. The molecule has 0 aliphatic heterocycles. The van der Waals surface area contributed by atoms with Crippen LogP contribution in [0.2, 0.25) is 0 Å². The number of hydrogen-bond acceptors (Lipinski definition) is 3. The topological polar surface area (TPSA) is 71.8 Å². The van der Waals surface area contributed by atoms with Crippen molar-refractivity contribution in [1.29, 1.82) is 0 Å². The van der Waals surface area contributed by atoms with E-state index in [4.69, 9.17) is 5.73 Å². The zero-order valence-electron chi connectivity index (χ0n) is 6.92. The predicted octanol–water partition coefficient (Wildman–Crippen LogP) is 0.404. The van der Waals surface area contributed by atoms with Gasteiger partial charge in [0.25, 0.3) is 5.56 Å². The first-order valence-corrected chi connectivity index (χ1v) is 3.97. The molecule has 0 unspecified atom stereocenters. The van der Waals surface area contributed by atoms with Crippen LogP contribution in [0.5, 0.6) is 0 Å². The van der Waals surface area contributed by atoms with Crippen molar-refractivity contribution in [2.45, 2.75) is 25.2 Å². The summed E-state index contributed by atoms with van der Waals surface area (Å²) in [6.45, 7) is 2.08. The Balaban J connectivity index is 2.48. The molecule has 1 aromatic heterocycles. The van der Waals surface area contributed by atoms with Gasteiger partial charge in [-0.2, -0.15) is 0 Å². The quantitative estimate of drug-likeness (QED) is 0.632. The highest BCUT2D eigenvalue weighted by atomic mass is 16.1. The van der Waals surface area contributed by atoms with E-state index in [2.05, 4.69) is 16.9 Å². The molecule has 64 valence electrons. The molecule has 1 aromatic rings. The number of nitrogens with zero attached hydrogens (tertiary/aromatic N) is 1. The Bertz CT molecular complexity index is 365. The van der Waals surface area contributed by atoms with Gasteiger partial charge in [0.1, 0.15) is 11.5 Å². The number of rotatable bonds is 1. The van der Waals surface area contributed by atoms with E-state index in [1.165, 1.54) is 6.20 Å². The minimum absolute atomic E-state index is 0.104. The van der Waals surface area contributed by atoms with Crippen LogP contribution in [0.15, 0.2) is 11.0 Å². The smallest absolute Gasteiger partial charge is 0.274 e. The van der Waals surface area contributed by atoms with Gasteiger partial charge in [0.2, 0.25) is 0 Å². The second kappa shape index (κ2) is 2.09. The minimum Gasteiger partial charge on any atom is -0.393 e. The number of nitrogen functional groups attached to an aromatic ring is 1. The first-order valence-electron chi connectivity index (χ1n) is 3.97. The Morgan fingerprint density at radius 1 is 1.67 bits per heavy atom. The molecule has 12 heavy (non-hydrogen) atoms. The summed E-state index contributed by atoms with van der Waals surface area (Å²) in [5.41, 5.74) is 5.40. The Kier molecular flexibility index (Phi) is 1.28. The van der Waals surface area contributed by atoms with Crippen molar-refractivity contribution >= 4 is 5.69 Å². The second-order valence-electron chi connectivity index (χ2n) is 3.58. The van der Waals surface area contributed by atoms with Crippen LogP contribution >= 0.6 is 0 Å². The van der Waals surface area contributed by atoms with Crippen molar-refractivity contribution in [3.05, 3.63) is 22.4 Å². The Morgan fingerprint density at radius 2 is 2.33 bits per heavy atom. The molecule has 1 heterocycles. The van der Waals surface area contributed by atoms with Crippen molar-refractivity contribution in [1.82, 2.24) is 9.97 Å². The second-order valence-corrected chi connectivity index (χ2v) is 3.58. The van der Waals surface area contributed by atoms with Gasteiger partial charge in [-0.05, 0) is 12.8 Å². The third-order valence-electron chi connectivity index (χ3n) is 2.40. The number of aromatic amines is 1. The third kappa shape index (κ3) is 0.995. The standard InChI is InChI=1S/C8H11N3O/c1-8(2-3-8)7-10-4-5(9)6(12)11-7/h4H,2-3,9H2,1H3,(H,10,11,12). The number of H-pyrrole nitrogens is 1. The third-order valence-corrected chi connectivity index (χ3v) is 2.40. The summed E-state index contributed by atoms with van der Waals surface area (Å²) >= 11 is 0. The lowest BCUT2D eigenvalue weighted by Crippen LogP contribution is -2.18. The summed E-state index contributed by atoms with van der Waals surface area (Å²) in [4.78, 5) is 17.9. The van der Waals surface area contributed by atoms with Gasteiger partial charge in [-0.3, -0.25) is 4.79 Å². The van der Waals surface area contributed by atoms with Crippen LogP contribution in [-0.2, 0) is 5.41 Å². The summed E-state index contributed by atoms with van der Waals surface area (Å²) in [5, 5.41) is 0. The lowest BCUT2D eigenvalue weighted by molar-refractivity contribution is 0.704. The van der Waals surface area contributed by atoms with E-state index in [9.17, 15) is 4.79 Å². The van der Waals surface area contributed by atoms with Gasteiger partial charge in [0.15, 0.2) is 0 Å². The van der Waals surface area contributed by atoms with Crippen LogP contribution in [-0.4, -0.2) is 9.97 Å². The highest BCUT2D eigenvalue weighted by molar-refractivity contribution is 5.32. The van der Waals surface area contributed by atoms with Crippen molar-refractivity contribution < 1.29 is 0 Å². The van der Waals surface area contributed by atoms with Crippen molar-refractivity contribution in [2.24, 2.45) is 0 Å². The van der Waals surface area contributed by atoms with E-state index in [-0.39, 0.29) is 16.7 Å². The highest BCUT2D eigenvalue weighted by Gasteiger charge is 2.41. The number of anilines is 1. The largest absolute Gasteiger partial charge is 0.393 e. The molecule has 4 heteroatoms. The molecule has 0 radical (unpaired) electrons. The lowest BCUT2D eigenvalue weighted by atomic mass is 10.1. The molecule has 4 nitrogen and oxygen atoms in total. The molecule has 1 aliphatic rings. The number of aromatic nitrogens is 2. The maximum Gasteiger partial charge on any atom is 0.274 e. The summed E-state index contributed by atoms with van der Waals surface area (Å²) in [7, 11) is 0. The molecular weight excluding hydrogens is 154 g/mol. The molecule has 0 aromatic carbocycles. The molecule has 3 N–H and O–H groups in total. The number of hydrogen-bond donors (Lipinski definition) is 2. The van der Waals surface area contributed by atoms with Crippen LogP contribution < -0.4 is 11.3 Å². The summed E-state index contributed by atoms with van der Waals surface area (Å²) in [6, 6.07) is 0. The van der Waals surface area contributed by atoms with Gasteiger partial charge in [-0.15, -0.1) is 0 Å². The first-order chi connectivity index (χ1) is 5.62. The fourth-order valence-corrected chi connectivity index (χ4v) is 1.14. The average Bonchev–Trinajstić information content (AvgIpc) is 2.75. The number of nitrogens with one attached hydrogen (secondary N) is 1. The van der Waals surface area contributed by atoms with E-state index in [1.807, 2.05) is 0 Å². The molecule has 2 rings (SSSR count). The zero-order chi connectivity index (χ0) is 8.77. The predicted molar refractivity (Wildman–Crippen MR) is 45.9 cm³/mol. The molecule has 0 bridgehead atoms. The van der Waals surface area contributed by atoms with Gasteiger partial charge in [0.05, 0.1) is 6.20 Å². The Labute approximate surface area is 69.8 Å².